The lowest BCUT2D eigenvalue weighted by Crippen LogP contribution is -2.46. The molecule has 0 atom stereocenters. The standard InChI is InChI=1S/C30H43N3O/c1-6-7-15-28-18-17-27(24-30(28)31(5)34-25(2)3)14-9-8-12-19-32-20-22-33(23-21-32)29-16-11-10-13-26(29)4/h6,10-11,13,16-18,24H,1-2,7-9,12,14-15,19-23H2,3-5H3. The molecule has 0 spiro atoms. The molecule has 2 aromatic rings. The zero-order valence-corrected chi connectivity index (χ0v) is 21.6. The number of rotatable bonds is 13. The number of nitrogens with zero attached hydrogens (tertiary/aromatic N) is 3. The largest absolute Gasteiger partial charge is 0.385 e. The second-order valence-corrected chi connectivity index (χ2v) is 9.51. The first-order chi connectivity index (χ1) is 16.5. The fourth-order valence-electron chi connectivity index (χ4n) is 4.78. The predicted octanol–water partition coefficient (Wildman–Crippen LogP) is 6.55. The number of anilines is 2. The first-order valence-corrected chi connectivity index (χ1v) is 12.8. The summed E-state index contributed by atoms with van der Waals surface area (Å²) >= 11 is 0. The average Bonchev–Trinajstić information content (AvgIpc) is 2.83. The van der Waals surface area contributed by atoms with Crippen molar-refractivity contribution in [3.63, 3.8) is 0 Å². The minimum Gasteiger partial charge on any atom is -0.385 e. The van der Waals surface area contributed by atoms with E-state index in [1.165, 1.54) is 61.3 Å². The molecule has 2 aromatic carbocycles. The fraction of sp³-hybridized carbons (Fsp3) is 0.467. The van der Waals surface area contributed by atoms with Gasteiger partial charge in [0.05, 0.1) is 5.69 Å². The molecule has 1 heterocycles. The molecular weight excluding hydrogens is 418 g/mol. The van der Waals surface area contributed by atoms with Gasteiger partial charge in [0.2, 0.25) is 0 Å². The highest BCUT2D eigenvalue weighted by Gasteiger charge is 2.17. The van der Waals surface area contributed by atoms with Crippen LogP contribution in [0.4, 0.5) is 11.4 Å². The number of aryl methyl sites for hydroxylation is 3. The lowest BCUT2D eigenvalue weighted by Gasteiger charge is -2.36. The molecule has 1 fully saturated rings. The molecule has 0 amide bonds. The van der Waals surface area contributed by atoms with Crippen LogP contribution < -0.4 is 9.96 Å². The second kappa shape index (κ2) is 13.2. The number of hydrogen-bond acceptors (Lipinski definition) is 4. The number of hydroxylamine groups is 1. The van der Waals surface area contributed by atoms with Crippen LogP contribution in [0.25, 0.3) is 0 Å². The zero-order chi connectivity index (χ0) is 24.3. The Hall–Kier alpha value is -2.72. The summed E-state index contributed by atoms with van der Waals surface area (Å²) in [5, 5.41) is 1.85. The van der Waals surface area contributed by atoms with Crippen molar-refractivity contribution in [2.24, 2.45) is 0 Å². The highest BCUT2D eigenvalue weighted by Crippen LogP contribution is 2.25. The summed E-state index contributed by atoms with van der Waals surface area (Å²) in [4.78, 5) is 10.9. The van der Waals surface area contributed by atoms with E-state index in [9.17, 15) is 0 Å². The van der Waals surface area contributed by atoms with E-state index in [1.807, 2.05) is 25.1 Å². The first kappa shape index (κ1) is 25.9. The summed E-state index contributed by atoms with van der Waals surface area (Å²) in [7, 11) is 1.96. The van der Waals surface area contributed by atoms with Gasteiger partial charge in [-0.2, -0.15) is 0 Å². The van der Waals surface area contributed by atoms with Gasteiger partial charge >= 0.3 is 0 Å². The summed E-state index contributed by atoms with van der Waals surface area (Å²) in [6.07, 6.45) is 8.78. The van der Waals surface area contributed by atoms with E-state index in [4.69, 9.17) is 4.84 Å². The average molecular weight is 462 g/mol. The normalized spacial score (nSPS) is 14.1. The molecule has 1 saturated heterocycles. The first-order valence-electron chi connectivity index (χ1n) is 12.8. The molecule has 0 N–H and O–H groups in total. The zero-order valence-electron chi connectivity index (χ0n) is 21.6. The number of unbranched alkanes of at least 4 members (excludes halogenated alkanes) is 2. The van der Waals surface area contributed by atoms with Crippen LogP contribution in [0, 0.1) is 6.92 Å². The molecule has 0 aliphatic carbocycles. The van der Waals surface area contributed by atoms with E-state index in [-0.39, 0.29) is 0 Å². The summed E-state index contributed by atoms with van der Waals surface area (Å²) < 4.78 is 0. The van der Waals surface area contributed by atoms with Crippen molar-refractivity contribution in [3.8, 4) is 0 Å². The Bertz CT molecular complexity index is 930. The van der Waals surface area contributed by atoms with Crippen LogP contribution in [0.2, 0.25) is 0 Å². The van der Waals surface area contributed by atoms with Crippen LogP contribution in [0.5, 0.6) is 0 Å². The fourth-order valence-corrected chi connectivity index (χ4v) is 4.78. The molecule has 184 valence electrons. The number of benzene rings is 2. The van der Waals surface area contributed by atoms with Crippen molar-refractivity contribution in [2.75, 3.05) is 49.7 Å². The SMILES string of the molecule is C=CCCc1ccc(CCCCCN2CCN(c3ccccc3C)CC2)cc1N(C)OC(=C)C. The lowest BCUT2D eigenvalue weighted by atomic mass is 10.0. The van der Waals surface area contributed by atoms with E-state index < -0.39 is 0 Å². The third-order valence-corrected chi connectivity index (χ3v) is 6.67. The quantitative estimate of drug-likeness (QED) is 0.146. The van der Waals surface area contributed by atoms with Crippen molar-refractivity contribution >= 4 is 11.4 Å². The molecule has 1 aliphatic rings. The summed E-state index contributed by atoms with van der Waals surface area (Å²) in [6, 6.07) is 15.6. The smallest absolute Gasteiger partial charge is 0.122 e. The van der Waals surface area contributed by atoms with Crippen molar-refractivity contribution < 1.29 is 4.84 Å². The van der Waals surface area contributed by atoms with Gasteiger partial charge in [-0.05, 0) is 81.3 Å². The van der Waals surface area contributed by atoms with Gasteiger partial charge in [-0.1, -0.05) is 49.4 Å². The molecule has 0 bridgehead atoms. The maximum atomic E-state index is 5.77. The van der Waals surface area contributed by atoms with Crippen LogP contribution in [0.15, 0.2) is 67.5 Å². The van der Waals surface area contributed by atoms with Crippen LogP contribution in [-0.2, 0) is 17.7 Å². The monoisotopic (exact) mass is 461 g/mol. The molecule has 0 saturated carbocycles. The molecule has 1 aliphatic heterocycles. The van der Waals surface area contributed by atoms with Gasteiger partial charge in [0.15, 0.2) is 0 Å². The van der Waals surface area contributed by atoms with E-state index in [0.717, 1.165) is 38.0 Å². The van der Waals surface area contributed by atoms with Gasteiger partial charge in [0.25, 0.3) is 0 Å². The van der Waals surface area contributed by atoms with E-state index in [2.05, 4.69) is 72.3 Å². The molecule has 0 unspecified atom stereocenters. The lowest BCUT2D eigenvalue weighted by molar-refractivity contribution is 0.201. The molecule has 4 heteroatoms. The number of para-hydroxylation sites is 1. The summed E-state index contributed by atoms with van der Waals surface area (Å²) in [6.45, 7) is 17.6. The second-order valence-electron chi connectivity index (χ2n) is 9.51. The Labute approximate surface area is 207 Å². The molecular formula is C30H43N3O. The predicted molar refractivity (Wildman–Crippen MR) is 147 cm³/mol. The van der Waals surface area contributed by atoms with Gasteiger partial charge in [-0.3, -0.25) is 4.90 Å². The van der Waals surface area contributed by atoms with E-state index in [1.54, 1.807) is 0 Å². The third kappa shape index (κ3) is 7.66. The van der Waals surface area contributed by atoms with Crippen molar-refractivity contribution in [1.29, 1.82) is 0 Å². The number of allylic oxidation sites excluding steroid dienone is 2. The highest BCUT2D eigenvalue weighted by atomic mass is 16.7. The van der Waals surface area contributed by atoms with E-state index >= 15 is 0 Å². The summed E-state index contributed by atoms with van der Waals surface area (Å²) in [5.74, 6) is 0.697. The van der Waals surface area contributed by atoms with Crippen LogP contribution >= 0.6 is 0 Å². The number of hydrogen-bond donors (Lipinski definition) is 0. The highest BCUT2D eigenvalue weighted by molar-refractivity contribution is 5.54. The van der Waals surface area contributed by atoms with Crippen molar-refractivity contribution in [3.05, 3.63) is 84.1 Å². The molecule has 3 rings (SSSR count). The maximum Gasteiger partial charge on any atom is 0.122 e. The molecule has 4 nitrogen and oxygen atoms in total. The van der Waals surface area contributed by atoms with Crippen LogP contribution in [-0.4, -0.2) is 44.7 Å². The van der Waals surface area contributed by atoms with Gasteiger partial charge in [0.1, 0.15) is 5.76 Å². The van der Waals surface area contributed by atoms with Crippen molar-refractivity contribution in [1.82, 2.24) is 4.90 Å². The van der Waals surface area contributed by atoms with Gasteiger partial charge in [0, 0.05) is 38.9 Å². The van der Waals surface area contributed by atoms with Crippen LogP contribution in [0.1, 0.15) is 49.3 Å². The summed E-state index contributed by atoms with van der Waals surface area (Å²) in [5.41, 5.74) is 6.58. The Morgan fingerprint density at radius 3 is 2.50 bits per heavy atom. The Morgan fingerprint density at radius 2 is 1.79 bits per heavy atom. The number of piperazine rings is 1. The minimum atomic E-state index is 0.697. The Kier molecular flexibility index (Phi) is 10.1. The Morgan fingerprint density at radius 1 is 1.03 bits per heavy atom. The van der Waals surface area contributed by atoms with Crippen LogP contribution in [0.3, 0.4) is 0 Å². The minimum absolute atomic E-state index is 0.697. The van der Waals surface area contributed by atoms with Gasteiger partial charge < -0.3 is 9.74 Å². The van der Waals surface area contributed by atoms with E-state index in [0.29, 0.717) is 5.76 Å². The molecule has 0 radical (unpaired) electrons. The topological polar surface area (TPSA) is 19.0 Å². The van der Waals surface area contributed by atoms with Crippen molar-refractivity contribution in [2.45, 2.75) is 52.4 Å². The molecule has 34 heavy (non-hydrogen) atoms. The van der Waals surface area contributed by atoms with Gasteiger partial charge in [-0.15, -0.1) is 6.58 Å². The maximum absolute atomic E-state index is 5.77. The Balaban J connectivity index is 1.42. The third-order valence-electron chi connectivity index (χ3n) is 6.67. The van der Waals surface area contributed by atoms with Gasteiger partial charge in [-0.25, -0.2) is 5.06 Å². The molecule has 0 aromatic heterocycles.